The number of aryl methyl sites for hydroxylation is 3. The van der Waals surface area contributed by atoms with E-state index in [1.807, 2.05) is 13.3 Å². The first-order chi connectivity index (χ1) is 12.2. The zero-order chi connectivity index (χ0) is 17.2. The van der Waals surface area contributed by atoms with Crippen LogP contribution in [0.1, 0.15) is 36.0 Å². The molecule has 4 nitrogen and oxygen atoms in total. The van der Waals surface area contributed by atoms with E-state index < -0.39 is 0 Å². The van der Waals surface area contributed by atoms with E-state index in [9.17, 15) is 0 Å². The van der Waals surface area contributed by atoms with Gasteiger partial charge in [-0.15, -0.1) is 0 Å². The number of allylic oxidation sites excluding steroid dienone is 2. The van der Waals surface area contributed by atoms with Crippen LogP contribution in [0.2, 0.25) is 0 Å². The first-order valence-corrected chi connectivity index (χ1v) is 8.99. The minimum atomic E-state index is 0.500. The van der Waals surface area contributed by atoms with Crippen molar-refractivity contribution < 1.29 is 0 Å². The molecule has 0 atom stereocenters. The Morgan fingerprint density at radius 2 is 1.84 bits per heavy atom. The molecule has 128 valence electrons. The highest BCUT2D eigenvalue weighted by atomic mass is 15.3. The van der Waals surface area contributed by atoms with Gasteiger partial charge in [0.05, 0.1) is 17.7 Å². The van der Waals surface area contributed by atoms with Crippen molar-refractivity contribution in [3.63, 3.8) is 0 Å². The molecule has 1 aliphatic rings. The number of hydrogen-bond acceptors (Lipinski definition) is 2. The zero-order valence-corrected chi connectivity index (χ0v) is 14.9. The standard InChI is InChI=1S/C21H24N4/c1-16-14-17(2)25(23-16)13-12-20-21(18-8-4-3-5-9-18)22-15-24(20)19-10-6-7-11-19/h3-9,14-15,19H,10-13H2,1-2H3. The van der Waals surface area contributed by atoms with Crippen LogP contribution in [0.15, 0.2) is 54.9 Å². The number of nitrogens with zero attached hydrogens (tertiary/aromatic N) is 4. The van der Waals surface area contributed by atoms with Crippen molar-refractivity contribution in [1.82, 2.24) is 19.3 Å². The molecule has 0 radical (unpaired) electrons. The Bertz CT molecular complexity index is 878. The smallest absolute Gasteiger partial charge is 0.0958 e. The summed E-state index contributed by atoms with van der Waals surface area (Å²) in [6, 6.07) is 13.1. The fourth-order valence-electron chi connectivity index (χ4n) is 3.73. The lowest BCUT2D eigenvalue weighted by atomic mass is 10.1. The SMILES string of the molecule is Cc1cc(C)n(CCc2c(-c3ccccc3)ncn2C2CC=CC2)n1. The van der Waals surface area contributed by atoms with E-state index in [0.29, 0.717) is 6.04 Å². The summed E-state index contributed by atoms with van der Waals surface area (Å²) in [5, 5.41) is 4.61. The van der Waals surface area contributed by atoms with Crippen molar-refractivity contribution >= 4 is 0 Å². The van der Waals surface area contributed by atoms with Crippen molar-refractivity contribution in [1.29, 1.82) is 0 Å². The third-order valence-electron chi connectivity index (χ3n) is 4.98. The molecule has 0 saturated heterocycles. The van der Waals surface area contributed by atoms with Crippen LogP contribution >= 0.6 is 0 Å². The number of hydrogen-bond donors (Lipinski definition) is 0. The Kier molecular flexibility index (Phi) is 4.26. The number of rotatable bonds is 5. The molecule has 1 aliphatic carbocycles. The van der Waals surface area contributed by atoms with E-state index in [1.54, 1.807) is 0 Å². The molecule has 2 aromatic heterocycles. The van der Waals surface area contributed by atoms with Crippen molar-refractivity contribution in [2.45, 2.75) is 45.7 Å². The fourth-order valence-corrected chi connectivity index (χ4v) is 3.73. The number of benzene rings is 1. The fraction of sp³-hybridized carbons (Fsp3) is 0.333. The van der Waals surface area contributed by atoms with Gasteiger partial charge in [0.15, 0.2) is 0 Å². The average molecular weight is 332 g/mol. The normalized spacial score (nSPS) is 14.5. The van der Waals surface area contributed by atoms with E-state index in [4.69, 9.17) is 4.98 Å². The van der Waals surface area contributed by atoms with Crippen molar-refractivity contribution in [2.24, 2.45) is 0 Å². The lowest BCUT2D eigenvalue weighted by molar-refractivity contribution is 0.499. The lowest BCUT2D eigenvalue weighted by Crippen LogP contribution is -2.12. The molecule has 0 spiro atoms. The van der Waals surface area contributed by atoms with Crippen LogP contribution < -0.4 is 0 Å². The summed E-state index contributed by atoms with van der Waals surface area (Å²) in [6.07, 6.45) is 9.70. The first-order valence-electron chi connectivity index (χ1n) is 8.99. The van der Waals surface area contributed by atoms with Gasteiger partial charge >= 0.3 is 0 Å². The molecule has 0 aliphatic heterocycles. The molecule has 1 aromatic carbocycles. The summed E-state index contributed by atoms with van der Waals surface area (Å²) in [5.74, 6) is 0. The third kappa shape index (κ3) is 3.16. The van der Waals surface area contributed by atoms with Crippen LogP contribution in [0.3, 0.4) is 0 Å². The van der Waals surface area contributed by atoms with Crippen LogP contribution in [0.4, 0.5) is 0 Å². The van der Waals surface area contributed by atoms with Gasteiger partial charge < -0.3 is 4.57 Å². The Labute approximate surface area is 148 Å². The van der Waals surface area contributed by atoms with Gasteiger partial charge in [0.1, 0.15) is 0 Å². The van der Waals surface area contributed by atoms with Crippen LogP contribution in [-0.2, 0) is 13.0 Å². The van der Waals surface area contributed by atoms with Gasteiger partial charge in [-0.2, -0.15) is 5.10 Å². The molecule has 0 N–H and O–H groups in total. The molecule has 25 heavy (non-hydrogen) atoms. The quantitative estimate of drug-likeness (QED) is 0.645. The predicted octanol–water partition coefficient (Wildman–Crippen LogP) is 4.50. The number of aromatic nitrogens is 4. The molecular weight excluding hydrogens is 308 g/mol. The van der Waals surface area contributed by atoms with E-state index >= 15 is 0 Å². The van der Waals surface area contributed by atoms with Crippen LogP contribution in [-0.4, -0.2) is 19.3 Å². The minimum absolute atomic E-state index is 0.500. The van der Waals surface area contributed by atoms with Gasteiger partial charge in [-0.1, -0.05) is 42.5 Å². The second-order valence-corrected chi connectivity index (χ2v) is 6.81. The maximum Gasteiger partial charge on any atom is 0.0958 e. The second-order valence-electron chi connectivity index (χ2n) is 6.81. The van der Waals surface area contributed by atoms with Crippen LogP contribution in [0.5, 0.6) is 0 Å². The maximum absolute atomic E-state index is 4.78. The van der Waals surface area contributed by atoms with Crippen molar-refractivity contribution in [2.75, 3.05) is 0 Å². The number of imidazole rings is 1. The average Bonchev–Trinajstić information content (AvgIpc) is 3.33. The summed E-state index contributed by atoms with van der Waals surface area (Å²) in [4.78, 5) is 4.78. The molecule has 4 rings (SSSR count). The molecule has 2 heterocycles. The summed E-state index contributed by atoms with van der Waals surface area (Å²) in [6.45, 7) is 5.05. The van der Waals surface area contributed by atoms with E-state index in [-0.39, 0.29) is 0 Å². The van der Waals surface area contributed by atoms with Gasteiger partial charge in [0, 0.05) is 36.0 Å². The van der Waals surface area contributed by atoms with Crippen LogP contribution in [0, 0.1) is 13.8 Å². The van der Waals surface area contributed by atoms with Crippen LogP contribution in [0.25, 0.3) is 11.3 Å². The van der Waals surface area contributed by atoms with Crippen molar-refractivity contribution in [3.05, 3.63) is 72.0 Å². The molecule has 0 fully saturated rings. The van der Waals surface area contributed by atoms with Gasteiger partial charge in [-0.25, -0.2) is 4.98 Å². The first kappa shape index (κ1) is 15.9. The highest BCUT2D eigenvalue weighted by molar-refractivity contribution is 5.62. The molecule has 0 bridgehead atoms. The topological polar surface area (TPSA) is 35.6 Å². The van der Waals surface area contributed by atoms with E-state index in [0.717, 1.165) is 37.2 Å². The summed E-state index contributed by atoms with van der Waals surface area (Å²) >= 11 is 0. The van der Waals surface area contributed by atoms with Gasteiger partial charge in [0.2, 0.25) is 0 Å². The largest absolute Gasteiger partial charge is 0.330 e. The predicted molar refractivity (Wildman–Crippen MR) is 100 cm³/mol. The van der Waals surface area contributed by atoms with E-state index in [2.05, 4.69) is 69.8 Å². The van der Waals surface area contributed by atoms with Gasteiger partial charge in [-0.05, 0) is 32.8 Å². The Hall–Kier alpha value is -2.62. The van der Waals surface area contributed by atoms with Gasteiger partial charge in [-0.3, -0.25) is 4.68 Å². The van der Waals surface area contributed by atoms with Crippen molar-refractivity contribution in [3.8, 4) is 11.3 Å². The molecule has 0 amide bonds. The summed E-state index contributed by atoms with van der Waals surface area (Å²) in [5.41, 5.74) is 5.90. The molecule has 4 heteroatoms. The highest BCUT2D eigenvalue weighted by Crippen LogP contribution is 2.30. The second kappa shape index (κ2) is 6.71. The summed E-state index contributed by atoms with van der Waals surface area (Å²) in [7, 11) is 0. The lowest BCUT2D eigenvalue weighted by Gasteiger charge is -2.17. The Morgan fingerprint density at radius 1 is 1.08 bits per heavy atom. The minimum Gasteiger partial charge on any atom is -0.330 e. The zero-order valence-electron chi connectivity index (χ0n) is 14.9. The highest BCUT2D eigenvalue weighted by Gasteiger charge is 2.20. The Morgan fingerprint density at radius 3 is 2.52 bits per heavy atom. The maximum atomic E-state index is 4.78. The molecular formula is C21H24N4. The van der Waals surface area contributed by atoms with E-state index in [1.165, 1.54) is 17.0 Å². The molecule has 0 unspecified atom stereocenters. The monoisotopic (exact) mass is 332 g/mol. The third-order valence-corrected chi connectivity index (χ3v) is 4.98. The summed E-state index contributed by atoms with van der Waals surface area (Å²) < 4.78 is 4.49. The van der Waals surface area contributed by atoms with Gasteiger partial charge in [0.25, 0.3) is 0 Å². The Balaban J connectivity index is 1.67. The molecule has 3 aromatic rings. The molecule has 0 saturated carbocycles.